The first kappa shape index (κ1) is 19.4. The minimum atomic E-state index is -0.394. The van der Waals surface area contributed by atoms with E-state index in [-0.39, 0.29) is 16.5 Å². The molecular weight excluding hydrogens is 378 g/mol. The maximum atomic E-state index is 12.5. The second-order valence-electron chi connectivity index (χ2n) is 6.03. The Kier molecular flexibility index (Phi) is 5.91. The normalized spacial score (nSPS) is 10.2. The Bertz CT molecular complexity index is 1020. The van der Waals surface area contributed by atoms with Crippen molar-refractivity contribution in [2.45, 2.75) is 6.92 Å². The van der Waals surface area contributed by atoms with Gasteiger partial charge in [-0.3, -0.25) is 14.6 Å². The number of halogens is 1. The molecule has 3 aromatic rings. The van der Waals surface area contributed by atoms with Crippen molar-refractivity contribution >= 4 is 34.8 Å². The molecule has 7 heteroatoms. The predicted molar refractivity (Wildman–Crippen MR) is 109 cm³/mol. The van der Waals surface area contributed by atoms with Crippen LogP contribution in [0.1, 0.15) is 26.3 Å². The molecule has 1 heterocycles. The molecule has 2 amide bonds. The van der Waals surface area contributed by atoms with Crippen LogP contribution >= 0.6 is 11.6 Å². The average Bonchev–Trinajstić information content (AvgIpc) is 2.70. The van der Waals surface area contributed by atoms with E-state index in [2.05, 4.69) is 15.6 Å². The highest BCUT2D eigenvalue weighted by Crippen LogP contribution is 2.23. The Balaban J connectivity index is 1.78. The van der Waals surface area contributed by atoms with Gasteiger partial charge in [0, 0.05) is 17.4 Å². The topological polar surface area (TPSA) is 80.3 Å². The van der Waals surface area contributed by atoms with E-state index in [0.29, 0.717) is 22.7 Å². The molecule has 2 aromatic carbocycles. The van der Waals surface area contributed by atoms with Gasteiger partial charge in [0.15, 0.2) is 0 Å². The molecule has 0 fully saturated rings. The number of amides is 2. The zero-order chi connectivity index (χ0) is 20.1. The molecule has 0 bridgehead atoms. The van der Waals surface area contributed by atoms with Gasteiger partial charge in [-0.2, -0.15) is 0 Å². The lowest BCUT2D eigenvalue weighted by molar-refractivity contribution is 0.101. The molecule has 1 aromatic heterocycles. The van der Waals surface area contributed by atoms with Gasteiger partial charge in [-0.1, -0.05) is 11.6 Å². The predicted octanol–water partition coefficient (Wildman–Crippen LogP) is 4.56. The smallest absolute Gasteiger partial charge is 0.257 e. The molecular formula is C21H18ClN3O3. The number of nitrogens with zero attached hydrogens (tertiary/aromatic N) is 1. The van der Waals surface area contributed by atoms with Crippen LogP contribution in [0.4, 0.5) is 11.4 Å². The van der Waals surface area contributed by atoms with E-state index in [1.54, 1.807) is 55.8 Å². The van der Waals surface area contributed by atoms with E-state index >= 15 is 0 Å². The molecule has 2 N–H and O–H groups in total. The highest BCUT2D eigenvalue weighted by Gasteiger charge is 2.14. The Labute approximate surface area is 167 Å². The fourth-order valence-corrected chi connectivity index (χ4v) is 2.84. The number of ether oxygens (including phenoxy) is 1. The van der Waals surface area contributed by atoms with Crippen LogP contribution in [0.3, 0.4) is 0 Å². The summed E-state index contributed by atoms with van der Waals surface area (Å²) in [6, 6.07) is 13.3. The molecule has 28 heavy (non-hydrogen) atoms. The van der Waals surface area contributed by atoms with Crippen LogP contribution in [0, 0.1) is 6.92 Å². The van der Waals surface area contributed by atoms with Crippen molar-refractivity contribution in [3.05, 3.63) is 82.6 Å². The number of hydrogen-bond acceptors (Lipinski definition) is 4. The van der Waals surface area contributed by atoms with E-state index in [9.17, 15) is 9.59 Å². The molecule has 0 atom stereocenters. The largest absolute Gasteiger partial charge is 0.496 e. The summed E-state index contributed by atoms with van der Waals surface area (Å²) in [7, 11) is 1.58. The number of aryl methyl sites for hydroxylation is 1. The van der Waals surface area contributed by atoms with Crippen molar-refractivity contribution < 1.29 is 14.3 Å². The molecule has 0 radical (unpaired) electrons. The van der Waals surface area contributed by atoms with E-state index in [4.69, 9.17) is 16.3 Å². The van der Waals surface area contributed by atoms with E-state index in [1.807, 2.05) is 6.92 Å². The lowest BCUT2D eigenvalue weighted by atomic mass is 10.1. The SMILES string of the molecule is COc1ccc(C(=O)Nc2ccc(Cl)c(C(=O)Nc3cccnc3)c2)cc1C. The van der Waals surface area contributed by atoms with Crippen LogP contribution in [0.2, 0.25) is 5.02 Å². The second kappa shape index (κ2) is 8.54. The van der Waals surface area contributed by atoms with Crippen molar-refractivity contribution in [3.8, 4) is 5.75 Å². The molecule has 6 nitrogen and oxygen atoms in total. The van der Waals surface area contributed by atoms with Crippen LogP contribution in [0.25, 0.3) is 0 Å². The second-order valence-corrected chi connectivity index (χ2v) is 6.44. The Morgan fingerprint density at radius 3 is 2.46 bits per heavy atom. The molecule has 0 saturated heterocycles. The van der Waals surface area contributed by atoms with Gasteiger partial charge in [-0.05, 0) is 61.0 Å². The summed E-state index contributed by atoms with van der Waals surface area (Å²) in [4.78, 5) is 29.0. The minimum absolute atomic E-state index is 0.245. The fourth-order valence-electron chi connectivity index (χ4n) is 2.64. The molecule has 0 aliphatic rings. The Hall–Kier alpha value is -3.38. The summed E-state index contributed by atoms with van der Waals surface area (Å²) < 4.78 is 5.21. The summed E-state index contributed by atoms with van der Waals surface area (Å²) in [6.45, 7) is 1.86. The van der Waals surface area contributed by atoms with E-state index < -0.39 is 5.91 Å². The van der Waals surface area contributed by atoms with Gasteiger partial charge in [0.1, 0.15) is 5.75 Å². The molecule has 0 aliphatic carbocycles. The summed E-state index contributed by atoms with van der Waals surface area (Å²) in [5.74, 6) is 0.0125. The molecule has 0 unspecified atom stereocenters. The van der Waals surface area contributed by atoms with Gasteiger partial charge in [0.2, 0.25) is 0 Å². The first-order chi connectivity index (χ1) is 13.5. The van der Waals surface area contributed by atoms with Crippen molar-refractivity contribution in [3.63, 3.8) is 0 Å². The summed E-state index contributed by atoms with van der Waals surface area (Å²) >= 11 is 6.16. The van der Waals surface area contributed by atoms with Crippen molar-refractivity contribution in [1.82, 2.24) is 4.98 Å². The van der Waals surface area contributed by atoms with Crippen LogP contribution in [-0.4, -0.2) is 23.9 Å². The summed E-state index contributed by atoms with van der Waals surface area (Å²) in [6.07, 6.45) is 3.14. The highest BCUT2D eigenvalue weighted by atomic mass is 35.5. The third-order valence-electron chi connectivity index (χ3n) is 4.05. The number of carbonyl (C=O) groups excluding carboxylic acids is 2. The van der Waals surface area contributed by atoms with Gasteiger partial charge in [0.05, 0.1) is 29.6 Å². The van der Waals surface area contributed by atoms with Crippen LogP contribution < -0.4 is 15.4 Å². The minimum Gasteiger partial charge on any atom is -0.496 e. The lowest BCUT2D eigenvalue weighted by Crippen LogP contribution is -2.15. The Morgan fingerprint density at radius 2 is 1.79 bits per heavy atom. The van der Waals surface area contributed by atoms with Crippen molar-refractivity contribution in [1.29, 1.82) is 0 Å². The number of aromatic nitrogens is 1. The molecule has 3 rings (SSSR count). The van der Waals surface area contributed by atoms with E-state index in [1.165, 1.54) is 12.3 Å². The van der Waals surface area contributed by atoms with Gasteiger partial charge >= 0.3 is 0 Å². The zero-order valence-corrected chi connectivity index (χ0v) is 16.1. The number of methoxy groups -OCH3 is 1. The number of benzene rings is 2. The molecule has 0 spiro atoms. The lowest BCUT2D eigenvalue weighted by Gasteiger charge is -2.11. The first-order valence-electron chi connectivity index (χ1n) is 8.45. The number of hydrogen-bond donors (Lipinski definition) is 2. The van der Waals surface area contributed by atoms with Crippen molar-refractivity contribution in [2.75, 3.05) is 17.7 Å². The van der Waals surface area contributed by atoms with Gasteiger partial charge in [-0.25, -0.2) is 0 Å². The van der Waals surface area contributed by atoms with Gasteiger partial charge in [0.25, 0.3) is 11.8 Å². The Morgan fingerprint density at radius 1 is 1.00 bits per heavy atom. The first-order valence-corrected chi connectivity index (χ1v) is 8.82. The maximum absolute atomic E-state index is 12.5. The number of anilines is 2. The maximum Gasteiger partial charge on any atom is 0.257 e. The number of pyridine rings is 1. The van der Waals surface area contributed by atoms with Crippen LogP contribution in [-0.2, 0) is 0 Å². The molecule has 142 valence electrons. The van der Waals surface area contributed by atoms with Gasteiger partial charge < -0.3 is 15.4 Å². The van der Waals surface area contributed by atoms with Crippen LogP contribution in [0.15, 0.2) is 60.9 Å². The fraction of sp³-hybridized carbons (Fsp3) is 0.0952. The highest BCUT2D eigenvalue weighted by molar-refractivity contribution is 6.34. The summed E-state index contributed by atoms with van der Waals surface area (Å²) in [5.41, 5.74) is 2.58. The average molecular weight is 396 g/mol. The number of rotatable bonds is 5. The monoisotopic (exact) mass is 395 g/mol. The third kappa shape index (κ3) is 4.47. The molecule has 0 saturated carbocycles. The van der Waals surface area contributed by atoms with Gasteiger partial charge in [-0.15, -0.1) is 0 Å². The van der Waals surface area contributed by atoms with E-state index in [0.717, 1.165) is 5.56 Å². The number of carbonyl (C=O) groups is 2. The standard InChI is InChI=1S/C21H18ClN3O3/c1-13-10-14(5-8-19(13)28-2)20(26)24-15-6-7-18(22)17(11-15)21(27)25-16-4-3-9-23-12-16/h3-12H,1-2H3,(H,24,26)(H,25,27). The third-order valence-corrected chi connectivity index (χ3v) is 4.37. The number of nitrogens with one attached hydrogen (secondary N) is 2. The summed E-state index contributed by atoms with van der Waals surface area (Å²) in [5, 5.41) is 5.77. The zero-order valence-electron chi connectivity index (χ0n) is 15.3. The molecule has 0 aliphatic heterocycles. The van der Waals surface area contributed by atoms with Crippen LogP contribution in [0.5, 0.6) is 5.75 Å². The van der Waals surface area contributed by atoms with Crippen molar-refractivity contribution in [2.24, 2.45) is 0 Å². The quantitative estimate of drug-likeness (QED) is 0.663.